The van der Waals surface area contributed by atoms with E-state index in [4.69, 9.17) is 4.74 Å². The monoisotopic (exact) mass is 323 g/mol. The second kappa shape index (κ2) is 5.16. The van der Waals surface area contributed by atoms with E-state index in [0.717, 1.165) is 0 Å². The van der Waals surface area contributed by atoms with Crippen LogP contribution in [-0.4, -0.2) is 25.4 Å². The zero-order valence-corrected chi connectivity index (χ0v) is 12.6. The standard InChI is InChI=1S/C17H16F3NO2/c1-21-14-9-8-12(23-2)10-13(14)16(22,17(18,19)20)15(21)11-6-4-3-5-7-11/h3-10,15,22H,1-2H3/t15-,16-/m0/s1. The van der Waals surface area contributed by atoms with Crippen LogP contribution in [0.15, 0.2) is 48.5 Å². The molecule has 0 saturated heterocycles. The first-order valence-corrected chi connectivity index (χ1v) is 7.06. The average molecular weight is 323 g/mol. The molecule has 2 atom stereocenters. The first-order valence-electron chi connectivity index (χ1n) is 7.06. The van der Waals surface area contributed by atoms with Crippen LogP contribution in [0.4, 0.5) is 18.9 Å². The molecule has 1 N–H and O–H groups in total. The van der Waals surface area contributed by atoms with Gasteiger partial charge in [-0.2, -0.15) is 13.2 Å². The number of hydrogen-bond acceptors (Lipinski definition) is 3. The van der Waals surface area contributed by atoms with Gasteiger partial charge in [-0.25, -0.2) is 0 Å². The smallest absolute Gasteiger partial charge is 0.423 e. The Morgan fingerprint density at radius 3 is 2.35 bits per heavy atom. The van der Waals surface area contributed by atoms with Gasteiger partial charge in [-0.1, -0.05) is 30.3 Å². The fraction of sp³-hybridized carbons (Fsp3) is 0.294. The molecule has 3 rings (SSSR count). The van der Waals surface area contributed by atoms with E-state index in [1.807, 2.05) is 0 Å². The molecule has 1 aliphatic heterocycles. The van der Waals surface area contributed by atoms with Crippen molar-refractivity contribution in [2.24, 2.45) is 0 Å². The quantitative estimate of drug-likeness (QED) is 0.916. The molecule has 2 aromatic carbocycles. The van der Waals surface area contributed by atoms with E-state index >= 15 is 0 Å². The number of ether oxygens (including phenoxy) is 1. The number of methoxy groups -OCH3 is 1. The van der Waals surface area contributed by atoms with Gasteiger partial charge in [0.2, 0.25) is 5.60 Å². The Bertz CT molecular complexity index is 718. The number of halogens is 3. The van der Waals surface area contributed by atoms with Gasteiger partial charge in [0.25, 0.3) is 0 Å². The Morgan fingerprint density at radius 1 is 1.13 bits per heavy atom. The van der Waals surface area contributed by atoms with Gasteiger partial charge in [0, 0.05) is 18.3 Å². The maximum atomic E-state index is 13.9. The summed E-state index contributed by atoms with van der Waals surface area (Å²) in [5.74, 6) is 0.272. The highest BCUT2D eigenvalue weighted by Crippen LogP contribution is 2.58. The Kier molecular flexibility index (Phi) is 3.52. The van der Waals surface area contributed by atoms with Crippen molar-refractivity contribution in [1.29, 1.82) is 0 Å². The largest absolute Gasteiger partial charge is 0.497 e. The average Bonchev–Trinajstić information content (AvgIpc) is 2.76. The van der Waals surface area contributed by atoms with Crippen molar-refractivity contribution in [3.05, 3.63) is 59.7 Å². The van der Waals surface area contributed by atoms with Crippen molar-refractivity contribution in [2.75, 3.05) is 19.1 Å². The lowest BCUT2D eigenvalue weighted by Gasteiger charge is -2.35. The van der Waals surface area contributed by atoms with Crippen LogP contribution in [0, 0.1) is 0 Å². The summed E-state index contributed by atoms with van der Waals surface area (Å²) < 4.78 is 46.6. The minimum atomic E-state index is -4.83. The highest BCUT2D eigenvalue weighted by Gasteiger charge is 2.65. The van der Waals surface area contributed by atoms with Crippen LogP contribution in [0.1, 0.15) is 17.2 Å². The molecular formula is C17H16F3NO2. The Balaban J connectivity index is 2.26. The second-order valence-electron chi connectivity index (χ2n) is 5.57. The number of fused-ring (bicyclic) bond motifs is 1. The van der Waals surface area contributed by atoms with Crippen molar-refractivity contribution in [3.63, 3.8) is 0 Å². The summed E-state index contributed by atoms with van der Waals surface area (Å²) in [5, 5.41) is 10.8. The third kappa shape index (κ3) is 2.16. The molecule has 0 spiro atoms. The van der Waals surface area contributed by atoms with E-state index in [2.05, 4.69) is 0 Å². The number of alkyl halides is 3. The van der Waals surface area contributed by atoms with Gasteiger partial charge in [0.15, 0.2) is 0 Å². The minimum Gasteiger partial charge on any atom is -0.497 e. The van der Waals surface area contributed by atoms with Gasteiger partial charge in [0.1, 0.15) is 5.75 Å². The molecule has 0 amide bonds. The molecule has 1 heterocycles. The lowest BCUT2D eigenvalue weighted by Crippen LogP contribution is -2.47. The first-order chi connectivity index (χ1) is 10.8. The minimum absolute atomic E-state index is 0.194. The summed E-state index contributed by atoms with van der Waals surface area (Å²) in [7, 11) is 2.92. The van der Waals surface area contributed by atoms with E-state index < -0.39 is 17.8 Å². The third-order valence-electron chi connectivity index (χ3n) is 4.32. The summed E-state index contributed by atoms with van der Waals surface area (Å²) >= 11 is 0. The zero-order valence-electron chi connectivity index (χ0n) is 12.6. The Labute approximate surface area is 131 Å². The molecule has 0 bridgehead atoms. The summed E-state index contributed by atoms with van der Waals surface area (Å²) in [6, 6.07) is 11.3. The Hall–Kier alpha value is -2.21. The van der Waals surface area contributed by atoms with Crippen LogP contribution in [-0.2, 0) is 5.60 Å². The molecule has 3 nitrogen and oxygen atoms in total. The van der Waals surface area contributed by atoms with Gasteiger partial charge in [-0.3, -0.25) is 0 Å². The highest BCUT2D eigenvalue weighted by atomic mass is 19.4. The van der Waals surface area contributed by atoms with Crippen molar-refractivity contribution >= 4 is 5.69 Å². The summed E-state index contributed by atoms with van der Waals surface area (Å²) in [6.45, 7) is 0. The summed E-state index contributed by atoms with van der Waals surface area (Å²) in [4.78, 5) is 1.46. The van der Waals surface area contributed by atoms with E-state index in [0.29, 0.717) is 11.3 Å². The molecule has 0 radical (unpaired) electrons. The van der Waals surface area contributed by atoms with Gasteiger partial charge in [-0.15, -0.1) is 0 Å². The van der Waals surface area contributed by atoms with E-state index in [-0.39, 0.29) is 11.3 Å². The Morgan fingerprint density at radius 2 is 1.78 bits per heavy atom. The SMILES string of the molecule is COc1ccc2c(c1)[C@@](O)(C(F)(F)F)[C@H](c1ccccc1)N2C. The van der Waals surface area contributed by atoms with Crippen molar-refractivity contribution < 1.29 is 23.0 Å². The maximum absolute atomic E-state index is 13.9. The number of nitrogens with zero attached hydrogens (tertiary/aromatic N) is 1. The molecule has 6 heteroatoms. The predicted molar refractivity (Wildman–Crippen MR) is 80.5 cm³/mol. The molecule has 0 saturated carbocycles. The van der Waals surface area contributed by atoms with Crippen LogP contribution in [0.5, 0.6) is 5.75 Å². The van der Waals surface area contributed by atoms with Crippen LogP contribution >= 0.6 is 0 Å². The van der Waals surface area contributed by atoms with Crippen LogP contribution in [0.25, 0.3) is 0 Å². The van der Waals surface area contributed by atoms with Gasteiger partial charge in [-0.05, 0) is 23.8 Å². The number of hydrogen-bond donors (Lipinski definition) is 1. The van der Waals surface area contributed by atoms with Gasteiger partial charge < -0.3 is 14.7 Å². The molecule has 0 fully saturated rings. The zero-order chi connectivity index (χ0) is 16.8. The van der Waals surface area contributed by atoms with Crippen LogP contribution in [0.2, 0.25) is 0 Å². The third-order valence-corrected chi connectivity index (χ3v) is 4.32. The number of benzene rings is 2. The number of aliphatic hydroxyl groups is 1. The highest BCUT2D eigenvalue weighted by molar-refractivity contribution is 5.66. The van der Waals surface area contributed by atoms with Crippen LogP contribution < -0.4 is 9.64 Å². The first kappa shape index (κ1) is 15.7. The van der Waals surface area contributed by atoms with Crippen molar-refractivity contribution in [1.82, 2.24) is 0 Å². The molecule has 2 aromatic rings. The van der Waals surface area contributed by atoms with E-state index in [9.17, 15) is 18.3 Å². The molecule has 1 aliphatic rings. The molecule has 122 valence electrons. The van der Waals surface area contributed by atoms with E-state index in [1.54, 1.807) is 43.4 Å². The predicted octanol–water partition coefficient (Wildman–Crippen LogP) is 3.64. The normalized spacial score (nSPS) is 23.7. The topological polar surface area (TPSA) is 32.7 Å². The molecule has 23 heavy (non-hydrogen) atoms. The number of rotatable bonds is 2. The second-order valence-corrected chi connectivity index (χ2v) is 5.57. The molecule has 0 aliphatic carbocycles. The lowest BCUT2D eigenvalue weighted by atomic mass is 9.85. The molecular weight excluding hydrogens is 307 g/mol. The van der Waals surface area contributed by atoms with Gasteiger partial charge >= 0.3 is 6.18 Å². The summed E-state index contributed by atoms with van der Waals surface area (Å²) in [5.41, 5.74) is -2.47. The van der Waals surface area contributed by atoms with Crippen molar-refractivity contribution in [2.45, 2.75) is 17.8 Å². The fourth-order valence-corrected chi connectivity index (χ4v) is 3.23. The fourth-order valence-electron chi connectivity index (χ4n) is 3.23. The number of likely N-dealkylation sites (N-methyl/N-ethyl adjacent to an activating group) is 1. The number of anilines is 1. The molecule has 0 unspecified atom stereocenters. The summed E-state index contributed by atoms with van der Waals surface area (Å²) in [6.07, 6.45) is -4.83. The maximum Gasteiger partial charge on any atom is 0.423 e. The van der Waals surface area contributed by atoms with E-state index in [1.165, 1.54) is 24.1 Å². The lowest BCUT2D eigenvalue weighted by molar-refractivity contribution is -0.272. The molecule has 0 aromatic heterocycles. The van der Waals surface area contributed by atoms with Gasteiger partial charge in [0.05, 0.1) is 13.2 Å². The van der Waals surface area contributed by atoms with Crippen molar-refractivity contribution in [3.8, 4) is 5.75 Å². The van der Waals surface area contributed by atoms with Crippen LogP contribution in [0.3, 0.4) is 0 Å².